The number of aromatic nitrogens is 1. The fourth-order valence-corrected chi connectivity index (χ4v) is 1.10. The summed E-state index contributed by atoms with van der Waals surface area (Å²) in [5.74, 6) is -2.87. The number of alkyl halides is 3. The van der Waals surface area contributed by atoms with Crippen LogP contribution in [0.2, 0.25) is 0 Å². The van der Waals surface area contributed by atoms with Gasteiger partial charge < -0.3 is 11.1 Å². The predicted molar refractivity (Wildman–Crippen MR) is 52.3 cm³/mol. The molecule has 0 saturated heterocycles. The third kappa shape index (κ3) is 4.41. The van der Waals surface area contributed by atoms with Crippen molar-refractivity contribution in [3.63, 3.8) is 0 Å². The Morgan fingerprint density at radius 2 is 1.88 bits per heavy atom. The highest BCUT2D eigenvalue weighted by atomic mass is 19.4. The molecule has 1 aromatic heterocycles. The molecule has 3 N–H and O–H groups in total. The molecule has 0 aromatic carbocycles. The van der Waals surface area contributed by atoms with E-state index in [1.54, 1.807) is 0 Å². The summed E-state index contributed by atoms with van der Waals surface area (Å²) in [4.78, 5) is 3.34. The standard InChI is InChI=1S/C9H10F5N3/c10-5-4-6(11)8(17-7(5)15)16-3-1-2-9(12,13)14/h4H,1-3H2,(H3,15,16,17). The first-order chi connectivity index (χ1) is 7.79. The minimum atomic E-state index is -4.25. The van der Waals surface area contributed by atoms with Crippen molar-refractivity contribution in [1.29, 1.82) is 0 Å². The Balaban J connectivity index is 2.50. The Morgan fingerprint density at radius 1 is 1.24 bits per heavy atom. The summed E-state index contributed by atoms with van der Waals surface area (Å²) in [5, 5.41) is 2.32. The lowest BCUT2D eigenvalue weighted by Gasteiger charge is -2.09. The molecule has 0 fully saturated rings. The fraction of sp³-hybridized carbons (Fsp3) is 0.444. The van der Waals surface area contributed by atoms with Crippen LogP contribution in [0, 0.1) is 11.6 Å². The van der Waals surface area contributed by atoms with Gasteiger partial charge in [0.1, 0.15) is 0 Å². The number of rotatable bonds is 4. The second-order valence-corrected chi connectivity index (χ2v) is 3.33. The molecule has 1 heterocycles. The van der Waals surface area contributed by atoms with E-state index in [4.69, 9.17) is 5.73 Å². The summed E-state index contributed by atoms with van der Waals surface area (Å²) in [6.07, 6.45) is -5.48. The van der Waals surface area contributed by atoms with Gasteiger partial charge in [-0.3, -0.25) is 0 Å². The first-order valence-electron chi connectivity index (χ1n) is 4.72. The van der Waals surface area contributed by atoms with Crippen LogP contribution < -0.4 is 11.1 Å². The molecule has 0 spiro atoms. The largest absolute Gasteiger partial charge is 0.389 e. The van der Waals surface area contributed by atoms with E-state index in [0.29, 0.717) is 6.07 Å². The van der Waals surface area contributed by atoms with E-state index in [9.17, 15) is 22.0 Å². The Labute approximate surface area is 93.8 Å². The molecule has 8 heteroatoms. The van der Waals surface area contributed by atoms with Crippen LogP contribution in [0.4, 0.5) is 33.6 Å². The Hall–Kier alpha value is -1.60. The normalized spacial score (nSPS) is 11.6. The smallest absolute Gasteiger partial charge is 0.381 e. The maximum Gasteiger partial charge on any atom is 0.389 e. The topological polar surface area (TPSA) is 50.9 Å². The highest BCUT2D eigenvalue weighted by Gasteiger charge is 2.25. The molecule has 1 rings (SSSR count). The SMILES string of the molecule is Nc1nc(NCCCC(F)(F)F)c(F)cc1F. The van der Waals surface area contributed by atoms with Crippen LogP contribution in [0.25, 0.3) is 0 Å². The third-order valence-corrected chi connectivity index (χ3v) is 1.89. The van der Waals surface area contributed by atoms with E-state index in [2.05, 4.69) is 10.3 Å². The molecule has 17 heavy (non-hydrogen) atoms. The Morgan fingerprint density at radius 3 is 2.47 bits per heavy atom. The van der Waals surface area contributed by atoms with Gasteiger partial charge in [0.25, 0.3) is 0 Å². The number of nitrogens with one attached hydrogen (secondary N) is 1. The molecule has 0 amide bonds. The van der Waals surface area contributed by atoms with E-state index in [0.717, 1.165) is 0 Å². The molecule has 0 unspecified atom stereocenters. The molecular formula is C9H10F5N3. The molecule has 0 saturated carbocycles. The second-order valence-electron chi connectivity index (χ2n) is 3.33. The minimum Gasteiger partial charge on any atom is -0.381 e. The summed E-state index contributed by atoms with van der Waals surface area (Å²) < 4.78 is 61.1. The maximum absolute atomic E-state index is 13.0. The van der Waals surface area contributed by atoms with Crippen LogP contribution in [-0.2, 0) is 0 Å². The molecule has 0 bridgehead atoms. The van der Waals surface area contributed by atoms with Gasteiger partial charge in [0, 0.05) is 19.0 Å². The number of nitrogens with two attached hydrogens (primary N) is 1. The molecule has 1 aromatic rings. The number of halogens is 5. The van der Waals surface area contributed by atoms with Crippen molar-refractivity contribution in [2.45, 2.75) is 19.0 Å². The van der Waals surface area contributed by atoms with E-state index >= 15 is 0 Å². The zero-order valence-electron chi connectivity index (χ0n) is 8.61. The molecule has 0 aliphatic rings. The molecule has 0 aliphatic heterocycles. The van der Waals surface area contributed by atoms with Gasteiger partial charge in [0.15, 0.2) is 23.3 Å². The third-order valence-electron chi connectivity index (χ3n) is 1.89. The van der Waals surface area contributed by atoms with Gasteiger partial charge in [-0.25, -0.2) is 13.8 Å². The van der Waals surface area contributed by atoms with E-state index in [-0.39, 0.29) is 18.8 Å². The first-order valence-corrected chi connectivity index (χ1v) is 4.72. The lowest BCUT2D eigenvalue weighted by atomic mass is 10.3. The quantitative estimate of drug-likeness (QED) is 0.642. The molecule has 0 atom stereocenters. The van der Waals surface area contributed by atoms with Gasteiger partial charge >= 0.3 is 6.18 Å². The summed E-state index contributed by atoms with van der Waals surface area (Å²) in [7, 11) is 0. The van der Waals surface area contributed by atoms with Crippen molar-refractivity contribution >= 4 is 11.6 Å². The second kappa shape index (κ2) is 5.15. The highest BCUT2D eigenvalue weighted by Crippen LogP contribution is 2.21. The summed E-state index contributed by atoms with van der Waals surface area (Å²) in [5.41, 5.74) is 5.09. The maximum atomic E-state index is 13.0. The number of nitrogen functional groups attached to an aromatic ring is 1. The predicted octanol–water partition coefficient (Wildman–Crippen LogP) is 2.70. The Kier molecular flexibility index (Phi) is 4.08. The van der Waals surface area contributed by atoms with Crippen molar-refractivity contribution in [2.75, 3.05) is 17.6 Å². The van der Waals surface area contributed by atoms with Crippen molar-refractivity contribution in [1.82, 2.24) is 4.98 Å². The minimum absolute atomic E-state index is 0.130. The van der Waals surface area contributed by atoms with Crippen LogP contribution in [0.1, 0.15) is 12.8 Å². The lowest BCUT2D eigenvalue weighted by Crippen LogP contribution is -2.12. The van der Waals surface area contributed by atoms with Crippen molar-refractivity contribution in [3.8, 4) is 0 Å². The number of hydrogen-bond acceptors (Lipinski definition) is 3. The average molecular weight is 255 g/mol. The first kappa shape index (κ1) is 13.5. The van der Waals surface area contributed by atoms with E-state index in [1.807, 2.05) is 0 Å². The van der Waals surface area contributed by atoms with Crippen LogP contribution in [0.15, 0.2) is 6.07 Å². The summed E-state index contributed by atoms with van der Waals surface area (Å²) >= 11 is 0. The molecule has 0 radical (unpaired) electrons. The van der Waals surface area contributed by atoms with Gasteiger partial charge in [-0.05, 0) is 6.42 Å². The Bertz CT molecular complexity index is 391. The molecule has 0 aliphatic carbocycles. The average Bonchev–Trinajstić information content (AvgIpc) is 2.18. The van der Waals surface area contributed by atoms with Crippen LogP contribution in [-0.4, -0.2) is 17.7 Å². The zero-order chi connectivity index (χ0) is 13.1. The number of hydrogen-bond donors (Lipinski definition) is 2. The van der Waals surface area contributed by atoms with Gasteiger partial charge in [-0.15, -0.1) is 0 Å². The summed E-state index contributed by atoms with van der Waals surface area (Å²) in [6, 6.07) is 0.522. The fourth-order valence-electron chi connectivity index (χ4n) is 1.10. The van der Waals surface area contributed by atoms with Crippen LogP contribution in [0.5, 0.6) is 0 Å². The van der Waals surface area contributed by atoms with Gasteiger partial charge in [0.2, 0.25) is 0 Å². The van der Waals surface area contributed by atoms with Crippen LogP contribution >= 0.6 is 0 Å². The van der Waals surface area contributed by atoms with Gasteiger partial charge in [-0.2, -0.15) is 13.2 Å². The van der Waals surface area contributed by atoms with Crippen molar-refractivity contribution in [2.24, 2.45) is 0 Å². The molecular weight excluding hydrogens is 245 g/mol. The van der Waals surface area contributed by atoms with Crippen molar-refractivity contribution < 1.29 is 22.0 Å². The number of nitrogens with zero attached hydrogens (tertiary/aromatic N) is 1. The van der Waals surface area contributed by atoms with Crippen molar-refractivity contribution in [3.05, 3.63) is 17.7 Å². The van der Waals surface area contributed by atoms with Gasteiger partial charge in [-0.1, -0.05) is 0 Å². The highest BCUT2D eigenvalue weighted by molar-refractivity contribution is 5.44. The zero-order valence-corrected chi connectivity index (χ0v) is 8.61. The van der Waals surface area contributed by atoms with E-state index in [1.165, 1.54) is 0 Å². The summed E-state index contributed by atoms with van der Waals surface area (Å²) in [6.45, 7) is -0.130. The monoisotopic (exact) mass is 255 g/mol. The lowest BCUT2D eigenvalue weighted by molar-refractivity contribution is -0.134. The van der Waals surface area contributed by atoms with Gasteiger partial charge in [0.05, 0.1) is 0 Å². The molecule has 3 nitrogen and oxygen atoms in total. The number of anilines is 2. The van der Waals surface area contributed by atoms with E-state index < -0.39 is 30.0 Å². The van der Waals surface area contributed by atoms with Crippen LogP contribution in [0.3, 0.4) is 0 Å². The molecule has 96 valence electrons. The number of pyridine rings is 1.